The van der Waals surface area contributed by atoms with Crippen molar-refractivity contribution in [1.82, 2.24) is 5.32 Å². The summed E-state index contributed by atoms with van der Waals surface area (Å²) in [6.07, 6.45) is 4.09. The van der Waals surface area contributed by atoms with Crippen molar-refractivity contribution in [2.75, 3.05) is 45.4 Å². The Balaban J connectivity index is 1.49. The number of methoxy groups -OCH3 is 2. The average Bonchev–Trinajstić information content (AvgIpc) is 2.91. The molecule has 0 aliphatic heterocycles. The summed E-state index contributed by atoms with van der Waals surface area (Å²) in [5.41, 5.74) is 7.93. The van der Waals surface area contributed by atoms with Crippen LogP contribution in [-0.2, 0) is 30.5 Å². The first kappa shape index (κ1) is 26.1. The van der Waals surface area contributed by atoms with E-state index < -0.39 is 0 Å². The van der Waals surface area contributed by atoms with Crippen molar-refractivity contribution in [1.29, 1.82) is 0 Å². The summed E-state index contributed by atoms with van der Waals surface area (Å²) in [6.45, 7) is 6.60. The number of hydrogen-bond donors (Lipinski definition) is 2. The van der Waals surface area contributed by atoms with E-state index in [1.807, 2.05) is 12.1 Å². The third-order valence-corrected chi connectivity index (χ3v) is 7.29. The maximum Gasteiger partial charge on any atom is 0.120 e. The van der Waals surface area contributed by atoms with Gasteiger partial charge in [-0.2, -0.15) is 0 Å². The quantitative estimate of drug-likeness (QED) is 0.331. The van der Waals surface area contributed by atoms with Gasteiger partial charge in [-0.05, 0) is 91.1 Å². The number of hydrogen-bond acceptors (Lipinski definition) is 5. The Morgan fingerprint density at radius 1 is 0.944 bits per heavy atom. The largest absolute Gasteiger partial charge is 0.508 e. The fourth-order valence-corrected chi connectivity index (χ4v) is 5.21. The van der Waals surface area contributed by atoms with Crippen molar-refractivity contribution in [2.45, 2.75) is 45.1 Å². The third-order valence-electron chi connectivity index (χ3n) is 7.29. The van der Waals surface area contributed by atoms with Crippen LogP contribution in [0, 0.1) is 0 Å². The summed E-state index contributed by atoms with van der Waals surface area (Å²) in [5, 5.41) is 13.3. The Bertz CT molecular complexity index is 1110. The van der Waals surface area contributed by atoms with Crippen molar-refractivity contribution < 1.29 is 14.6 Å². The number of phenolic OH excluding ortho intramolecular Hbond substituents is 1. The van der Waals surface area contributed by atoms with Crippen LogP contribution in [0.15, 0.2) is 60.7 Å². The molecule has 0 amide bonds. The molecular formula is C31H40N2O3. The monoisotopic (exact) mass is 488 g/mol. The van der Waals surface area contributed by atoms with E-state index >= 15 is 0 Å². The van der Waals surface area contributed by atoms with Gasteiger partial charge in [0.2, 0.25) is 0 Å². The Kier molecular flexibility index (Phi) is 9.26. The molecule has 1 unspecified atom stereocenters. The minimum atomic E-state index is 0.364. The minimum Gasteiger partial charge on any atom is -0.508 e. The molecule has 1 aliphatic rings. The second-order valence-corrected chi connectivity index (χ2v) is 9.64. The number of nitrogens with one attached hydrogen (secondary N) is 1. The van der Waals surface area contributed by atoms with E-state index in [-0.39, 0.29) is 0 Å². The first-order valence-electron chi connectivity index (χ1n) is 13.1. The van der Waals surface area contributed by atoms with Crippen LogP contribution in [0.4, 0.5) is 5.69 Å². The Morgan fingerprint density at radius 3 is 2.50 bits per heavy atom. The number of nitrogens with zero attached hydrogens (tertiary/aromatic N) is 1. The Hall–Kier alpha value is -3.02. The number of rotatable bonds is 12. The number of fused-ring (bicyclic) bond motifs is 1. The lowest BCUT2D eigenvalue weighted by Gasteiger charge is -2.32. The summed E-state index contributed by atoms with van der Waals surface area (Å²) < 4.78 is 10.7. The van der Waals surface area contributed by atoms with Crippen LogP contribution in [0.5, 0.6) is 11.5 Å². The molecule has 5 nitrogen and oxygen atoms in total. The second kappa shape index (κ2) is 12.8. The van der Waals surface area contributed by atoms with Crippen molar-refractivity contribution in [3.8, 4) is 11.5 Å². The van der Waals surface area contributed by atoms with Gasteiger partial charge in [-0.15, -0.1) is 0 Å². The molecule has 192 valence electrons. The summed E-state index contributed by atoms with van der Waals surface area (Å²) in [5.74, 6) is 1.71. The highest BCUT2D eigenvalue weighted by atomic mass is 16.5. The molecule has 0 fully saturated rings. The standard InChI is InChI=1S/C31H40N2O3/c1-4-33(22-24-7-5-23(6-8-24)15-16-32-17-18-35-2)31-21-29(36-3)13-14-30(31)27-10-9-26-20-28(34)12-11-25(26)19-27/h5-8,11-14,20-21,27,32,34H,4,9-10,15-19,22H2,1-3H3. The zero-order chi connectivity index (χ0) is 25.3. The zero-order valence-electron chi connectivity index (χ0n) is 21.9. The molecule has 1 atom stereocenters. The molecule has 1 aliphatic carbocycles. The molecule has 3 aromatic carbocycles. The van der Waals surface area contributed by atoms with E-state index in [2.05, 4.69) is 65.7 Å². The molecule has 36 heavy (non-hydrogen) atoms. The van der Waals surface area contributed by atoms with Crippen LogP contribution in [0.2, 0.25) is 0 Å². The molecular weight excluding hydrogens is 448 g/mol. The molecule has 0 heterocycles. The maximum atomic E-state index is 9.88. The number of phenols is 1. The van der Waals surface area contributed by atoms with Gasteiger partial charge in [0.25, 0.3) is 0 Å². The Morgan fingerprint density at radius 2 is 1.75 bits per heavy atom. The molecule has 0 spiro atoms. The van der Waals surface area contributed by atoms with Gasteiger partial charge < -0.3 is 24.8 Å². The van der Waals surface area contributed by atoms with Crippen molar-refractivity contribution in [3.63, 3.8) is 0 Å². The highest BCUT2D eigenvalue weighted by Crippen LogP contribution is 2.40. The lowest BCUT2D eigenvalue weighted by molar-refractivity contribution is 0.199. The molecule has 3 aromatic rings. The van der Waals surface area contributed by atoms with Crippen LogP contribution in [0.25, 0.3) is 0 Å². The fourth-order valence-electron chi connectivity index (χ4n) is 5.21. The van der Waals surface area contributed by atoms with E-state index in [0.29, 0.717) is 11.7 Å². The van der Waals surface area contributed by atoms with Gasteiger partial charge in [0, 0.05) is 38.5 Å². The summed E-state index contributed by atoms with van der Waals surface area (Å²) in [4.78, 5) is 2.46. The minimum absolute atomic E-state index is 0.364. The average molecular weight is 489 g/mol. The fraction of sp³-hybridized carbons (Fsp3) is 0.419. The van der Waals surface area contributed by atoms with E-state index in [9.17, 15) is 5.11 Å². The summed E-state index contributed by atoms with van der Waals surface area (Å²) >= 11 is 0. The number of ether oxygens (including phenoxy) is 2. The lowest BCUT2D eigenvalue weighted by Crippen LogP contribution is -2.25. The van der Waals surface area contributed by atoms with E-state index in [4.69, 9.17) is 9.47 Å². The molecule has 0 aromatic heterocycles. The van der Waals surface area contributed by atoms with Crippen molar-refractivity contribution >= 4 is 5.69 Å². The van der Waals surface area contributed by atoms with Gasteiger partial charge in [-0.25, -0.2) is 0 Å². The van der Waals surface area contributed by atoms with Gasteiger partial charge in [0.05, 0.1) is 13.7 Å². The van der Waals surface area contributed by atoms with Gasteiger partial charge in [-0.1, -0.05) is 36.4 Å². The highest BCUT2D eigenvalue weighted by Gasteiger charge is 2.24. The first-order valence-corrected chi connectivity index (χ1v) is 13.1. The molecule has 0 radical (unpaired) electrons. The normalized spacial score (nSPS) is 14.9. The molecule has 5 heteroatoms. The second-order valence-electron chi connectivity index (χ2n) is 9.64. The lowest BCUT2D eigenvalue weighted by atomic mass is 9.79. The van der Waals surface area contributed by atoms with Crippen molar-refractivity contribution in [2.24, 2.45) is 0 Å². The van der Waals surface area contributed by atoms with E-state index in [1.165, 1.54) is 33.5 Å². The molecule has 4 rings (SSSR count). The van der Waals surface area contributed by atoms with Crippen molar-refractivity contribution in [3.05, 3.63) is 88.5 Å². The van der Waals surface area contributed by atoms with Crippen LogP contribution in [0.3, 0.4) is 0 Å². The molecule has 0 saturated heterocycles. The topological polar surface area (TPSA) is 54.0 Å². The first-order chi connectivity index (χ1) is 17.6. The van der Waals surface area contributed by atoms with Crippen LogP contribution in [0.1, 0.15) is 47.1 Å². The van der Waals surface area contributed by atoms with Gasteiger partial charge in [0.1, 0.15) is 11.5 Å². The van der Waals surface area contributed by atoms with Gasteiger partial charge in [-0.3, -0.25) is 0 Å². The number of anilines is 1. The van der Waals surface area contributed by atoms with Crippen LogP contribution >= 0.6 is 0 Å². The van der Waals surface area contributed by atoms with E-state index in [0.717, 1.165) is 64.2 Å². The number of aryl methyl sites for hydroxylation is 1. The Labute approximate surface area is 216 Å². The SMILES string of the molecule is CCN(Cc1ccc(CCNCCOC)cc1)c1cc(OC)ccc1C1CCc2cc(O)ccc2C1. The van der Waals surface area contributed by atoms with Crippen LogP contribution in [-0.4, -0.2) is 45.6 Å². The third kappa shape index (κ3) is 6.59. The highest BCUT2D eigenvalue weighted by molar-refractivity contribution is 5.60. The number of aromatic hydroxyl groups is 1. The predicted octanol–water partition coefficient (Wildman–Crippen LogP) is 5.48. The number of benzene rings is 3. The summed E-state index contributed by atoms with van der Waals surface area (Å²) in [6, 6.07) is 21.4. The zero-order valence-corrected chi connectivity index (χ0v) is 21.9. The summed E-state index contributed by atoms with van der Waals surface area (Å²) in [7, 11) is 3.47. The smallest absolute Gasteiger partial charge is 0.120 e. The predicted molar refractivity (Wildman–Crippen MR) is 147 cm³/mol. The van der Waals surface area contributed by atoms with Gasteiger partial charge >= 0.3 is 0 Å². The van der Waals surface area contributed by atoms with E-state index in [1.54, 1.807) is 14.2 Å². The van der Waals surface area contributed by atoms with Gasteiger partial charge in [0.15, 0.2) is 0 Å². The maximum absolute atomic E-state index is 9.88. The molecule has 2 N–H and O–H groups in total. The molecule has 0 bridgehead atoms. The molecule has 0 saturated carbocycles. The van der Waals surface area contributed by atoms with Crippen LogP contribution < -0.4 is 15.0 Å².